The van der Waals surface area contributed by atoms with E-state index in [4.69, 9.17) is 0 Å². The smallest absolute Gasteiger partial charge is 0.126 e. The van der Waals surface area contributed by atoms with E-state index in [1.807, 2.05) is 13.8 Å². The van der Waals surface area contributed by atoms with Crippen LogP contribution in [0.2, 0.25) is 0 Å². The predicted molar refractivity (Wildman–Crippen MR) is 43.8 cm³/mol. The average Bonchev–Trinajstić information content (AvgIpc) is 2.05. The molecule has 11 heavy (non-hydrogen) atoms. The highest BCUT2D eigenvalue weighted by Gasteiger charge is 1.99. The molecule has 0 bridgehead atoms. The summed E-state index contributed by atoms with van der Waals surface area (Å²) in [6, 6.07) is 1.75. The fourth-order valence-electron chi connectivity index (χ4n) is 0.811. The zero-order valence-corrected chi connectivity index (χ0v) is 6.61. The maximum absolute atomic E-state index is 10.1. The lowest BCUT2D eigenvalue weighted by Crippen LogP contribution is -1.86. The average molecular weight is 150 g/mol. The van der Waals surface area contributed by atoms with Gasteiger partial charge < -0.3 is 0 Å². The molecule has 1 aromatic rings. The number of hydrogen-bond donors (Lipinski definition) is 0. The first kappa shape index (κ1) is 7.85. The Bertz CT molecular complexity index is 258. The molecule has 0 aromatic carbocycles. The van der Waals surface area contributed by atoms with Crippen LogP contribution in [0.15, 0.2) is 23.6 Å². The monoisotopic (exact) mass is 150 g/mol. The molecule has 0 fully saturated rings. The van der Waals surface area contributed by atoms with Gasteiger partial charge in [0, 0.05) is 6.20 Å². The number of nitrogens with zero attached hydrogens (tertiary/aromatic N) is 2. The van der Waals surface area contributed by atoms with E-state index in [1.54, 1.807) is 12.3 Å². The van der Waals surface area contributed by atoms with Crippen molar-refractivity contribution in [1.29, 1.82) is 0 Å². The second kappa shape index (κ2) is 3.23. The molecule has 0 aliphatic rings. The molecule has 0 aliphatic carbocycles. The molecule has 58 valence electrons. The van der Waals surface area contributed by atoms with Crippen molar-refractivity contribution in [3.8, 4) is 0 Å². The SMILES string of the molecule is CC(C)c1cncc(N=O)c1. The predicted octanol–water partition coefficient (Wildman–Crippen LogP) is 2.60. The van der Waals surface area contributed by atoms with E-state index in [-0.39, 0.29) is 0 Å². The van der Waals surface area contributed by atoms with Gasteiger partial charge in [-0.2, -0.15) is 0 Å². The van der Waals surface area contributed by atoms with Crippen molar-refractivity contribution in [3.63, 3.8) is 0 Å². The lowest BCUT2D eigenvalue weighted by Gasteiger charge is -2.02. The Morgan fingerprint density at radius 1 is 1.45 bits per heavy atom. The van der Waals surface area contributed by atoms with Crippen LogP contribution in [0, 0.1) is 4.91 Å². The van der Waals surface area contributed by atoms with Crippen molar-refractivity contribution in [2.75, 3.05) is 0 Å². The van der Waals surface area contributed by atoms with E-state index in [0.29, 0.717) is 11.6 Å². The molecular weight excluding hydrogens is 140 g/mol. The quantitative estimate of drug-likeness (QED) is 0.608. The minimum absolute atomic E-state index is 0.393. The first-order chi connectivity index (χ1) is 5.24. The van der Waals surface area contributed by atoms with Gasteiger partial charge in [-0.1, -0.05) is 13.8 Å². The molecule has 0 N–H and O–H groups in total. The van der Waals surface area contributed by atoms with Gasteiger partial charge in [-0.3, -0.25) is 4.98 Å². The van der Waals surface area contributed by atoms with Gasteiger partial charge in [-0.05, 0) is 22.7 Å². The molecule has 3 heteroatoms. The zero-order valence-electron chi connectivity index (χ0n) is 6.61. The number of hydrogen-bond acceptors (Lipinski definition) is 3. The standard InChI is InChI=1S/C8H10N2O/c1-6(2)7-3-8(10-11)5-9-4-7/h3-6H,1-2H3. The summed E-state index contributed by atoms with van der Waals surface area (Å²) >= 11 is 0. The molecule has 3 nitrogen and oxygen atoms in total. The van der Waals surface area contributed by atoms with Crippen LogP contribution in [0.25, 0.3) is 0 Å². The van der Waals surface area contributed by atoms with Gasteiger partial charge in [-0.25, -0.2) is 0 Å². The lowest BCUT2D eigenvalue weighted by molar-refractivity contribution is 0.858. The fourth-order valence-corrected chi connectivity index (χ4v) is 0.811. The Labute approximate surface area is 65.4 Å². The molecule has 0 spiro atoms. The van der Waals surface area contributed by atoms with Crippen LogP contribution in [0.3, 0.4) is 0 Å². The van der Waals surface area contributed by atoms with Gasteiger partial charge >= 0.3 is 0 Å². The molecule has 0 saturated heterocycles. The highest BCUT2D eigenvalue weighted by Crippen LogP contribution is 2.18. The van der Waals surface area contributed by atoms with Gasteiger partial charge in [-0.15, -0.1) is 4.91 Å². The summed E-state index contributed by atoms with van der Waals surface area (Å²) < 4.78 is 0. The molecule has 0 saturated carbocycles. The molecule has 1 aromatic heterocycles. The Balaban J connectivity index is 3.00. The van der Waals surface area contributed by atoms with Crippen LogP contribution < -0.4 is 0 Å². The molecule has 1 heterocycles. The fraction of sp³-hybridized carbons (Fsp3) is 0.375. The van der Waals surface area contributed by atoms with Gasteiger partial charge in [0.1, 0.15) is 5.69 Å². The second-order valence-electron chi connectivity index (χ2n) is 2.72. The van der Waals surface area contributed by atoms with Crippen molar-refractivity contribution in [3.05, 3.63) is 28.9 Å². The Hall–Kier alpha value is -1.25. The van der Waals surface area contributed by atoms with Gasteiger partial charge in [0.05, 0.1) is 6.20 Å². The first-order valence-corrected chi connectivity index (χ1v) is 3.52. The minimum Gasteiger partial charge on any atom is -0.262 e. The van der Waals surface area contributed by atoms with E-state index >= 15 is 0 Å². The maximum atomic E-state index is 10.1. The number of pyridine rings is 1. The summed E-state index contributed by atoms with van der Waals surface area (Å²) in [6.07, 6.45) is 3.21. The summed E-state index contributed by atoms with van der Waals surface area (Å²) in [6.45, 7) is 4.09. The summed E-state index contributed by atoms with van der Waals surface area (Å²) in [4.78, 5) is 14.0. The molecule has 1 rings (SSSR count). The topological polar surface area (TPSA) is 42.3 Å². The first-order valence-electron chi connectivity index (χ1n) is 3.52. The summed E-state index contributed by atoms with van der Waals surface area (Å²) in [5.74, 6) is 0.393. The zero-order chi connectivity index (χ0) is 8.27. The highest BCUT2D eigenvalue weighted by molar-refractivity contribution is 5.36. The molecule has 0 aliphatic heterocycles. The Kier molecular flexibility index (Phi) is 2.31. The number of aromatic nitrogens is 1. The van der Waals surface area contributed by atoms with Crippen molar-refractivity contribution < 1.29 is 0 Å². The van der Waals surface area contributed by atoms with Crippen LogP contribution in [0.1, 0.15) is 25.3 Å². The third kappa shape index (κ3) is 1.83. The van der Waals surface area contributed by atoms with Crippen molar-refractivity contribution in [2.45, 2.75) is 19.8 Å². The normalized spacial score (nSPS) is 10.1. The van der Waals surface area contributed by atoms with Crippen LogP contribution in [0.5, 0.6) is 0 Å². The molecule has 0 unspecified atom stereocenters. The Morgan fingerprint density at radius 3 is 2.73 bits per heavy atom. The largest absolute Gasteiger partial charge is 0.262 e. The molecule has 0 atom stereocenters. The number of nitroso groups, excluding NO2 is 1. The van der Waals surface area contributed by atoms with Gasteiger partial charge in [0.25, 0.3) is 0 Å². The van der Waals surface area contributed by atoms with E-state index in [0.717, 1.165) is 5.56 Å². The summed E-state index contributed by atoms with van der Waals surface area (Å²) in [7, 11) is 0. The maximum Gasteiger partial charge on any atom is 0.126 e. The van der Waals surface area contributed by atoms with Crippen LogP contribution >= 0.6 is 0 Å². The highest BCUT2D eigenvalue weighted by atomic mass is 16.3. The van der Waals surface area contributed by atoms with Crippen molar-refractivity contribution in [2.24, 2.45) is 5.18 Å². The van der Waals surface area contributed by atoms with Crippen LogP contribution in [0.4, 0.5) is 5.69 Å². The molecular formula is C8H10N2O. The van der Waals surface area contributed by atoms with Gasteiger partial charge in [0.2, 0.25) is 0 Å². The minimum atomic E-state index is 0.393. The van der Waals surface area contributed by atoms with Crippen LogP contribution in [-0.4, -0.2) is 4.98 Å². The van der Waals surface area contributed by atoms with Crippen LogP contribution in [-0.2, 0) is 0 Å². The van der Waals surface area contributed by atoms with Gasteiger partial charge in [0.15, 0.2) is 0 Å². The third-order valence-corrected chi connectivity index (χ3v) is 1.52. The number of rotatable bonds is 2. The van der Waals surface area contributed by atoms with E-state index in [2.05, 4.69) is 10.2 Å². The Morgan fingerprint density at radius 2 is 2.18 bits per heavy atom. The van der Waals surface area contributed by atoms with Crippen molar-refractivity contribution in [1.82, 2.24) is 4.98 Å². The molecule has 0 amide bonds. The van der Waals surface area contributed by atoms with E-state index in [9.17, 15) is 4.91 Å². The van der Waals surface area contributed by atoms with E-state index < -0.39 is 0 Å². The third-order valence-electron chi connectivity index (χ3n) is 1.52. The summed E-state index contributed by atoms with van der Waals surface area (Å²) in [5.41, 5.74) is 1.44. The van der Waals surface area contributed by atoms with E-state index in [1.165, 1.54) is 6.20 Å². The molecule has 0 radical (unpaired) electrons. The summed E-state index contributed by atoms with van der Waals surface area (Å²) in [5, 5.41) is 2.80. The van der Waals surface area contributed by atoms with Crippen molar-refractivity contribution >= 4 is 5.69 Å². The second-order valence-corrected chi connectivity index (χ2v) is 2.72. The lowest BCUT2D eigenvalue weighted by atomic mass is 10.1.